The van der Waals surface area contributed by atoms with Crippen LogP contribution >= 0.6 is 24.0 Å². The lowest BCUT2D eigenvalue weighted by Gasteiger charge is -2.13. The minimum Gasteiger partial charge on any atom is -0.493 e. The van der Waals surface area contributed by atoms with Gasteiger partial charge in [0.15, 0.2) is 11.5 Å². The van der Waals surface area contributed by atoms with Crippen molar-refractivity contribution in [3.8, 4) is 17.2 Å². The van der Waals surface area contributed by atoms with Gasteiger partial charge in [-0.1, -0.05) is 36.1 Å². The van der Waals surface area contributed by atoms with Gasteiger partial charge in [-0.25, -0.2) is 0 Å². The third kappa shape index (κ3) is 6.02. The highest BCUT2D eigenvalue weighted by Gasteiger charge is 2.28. The summed E-state index contributed by atoms with van der Waals surface area (Å²) in [5.41, 5.74) is 3.34. The Kier molecular flexibility index (Phi) is 7.98. The van der Waals surface area contributed by atoms with E-state index in [2.05, 4.69) is 26.0 Å². The molecule has 164 valence electrons. The molecule has 1 amide bonds. The summed E-state index contributed by atoms with van der Waals surface area (Å²) in [4.78, 5) is 14.3. The van der Waals surface area contributed by atoms with Gasteiger partial charge in [0.05, 0.1) is 24.7 Å². The normalized spacial score (nSPS) is 15.0. The molecule has 0 N–H and O–H groups in total. The van der Waals surface area contributed by atoms with Crippen molar-refractivity contribution < 1.29 is 19.0 Å². The Morgan fingerprint density at radius 1 is 1.00 bits per heavy atom. The molecule has 1 aliphatic rings. The topological polar surface area (TPSA) is 48.0 Å². The zero-order chi connectivity index (χ0) is 22.4. The van der Waals surface area contributed by atoms with Gasteiger partial charge in [-0.3, -0.25) is 9.69 Å². The van der Waals surface area contributed by atoms with Crippen LogP contribution in [0, 0.1) is 13.8 Å². The van der Waals surface area contributed by atoms with Crippen LogP contribution in [0.5, 0.6) is 17.2 Å². The van der Waals surface area contributed by atoms with E-state index in [0.717, 1.165) is 17.7 Å². The molecule has 0 bridgehead atoms. The summed E-state index contributed by atoms with van der Waals surface area (Å²) in [6.07, 6.45) is 2.58. The fraction of sp³-hybridized carbons (Fsp3) is 0.333. The highest BCUT2D eigenvalue weighted by atomic mass is 32.2. The Bertz CT molecular complexity index is 1000. The molecule has 0 saturated carbocycles. The van der Waals surface area contributed by atoms with Crippen LogP contribution in [0.25, 0.3) is 6.08 Å². The van der Waals surface area contributed by atoms with E-state index in [1.807, 2.05) is 37.3 Å². The molecule has 31 heavy (non-hydrogen) atoms. The number of carbonyl (C=O) groups is 1. The molecule has 0 radical (unpaired) electrons. The molecular weight excluding hydrogens is 430 g/mol. The van der Waals surface area contributed by atoms with Gasteiger partial charge in [0.2, 0.25) is 0 Å². The molecule has 5 nitrogen and oxygen atoms in total. The maximum atomic E-state index is 12.2. The smallest absolute Gasteiger partial charge is 0.265 e. The van der Waals surface area contributed by atoms with Crippen molar-refractivity contribution in [3.63, 3.8) is 0 Å². The van der Waals surface area contributed by atoms with Crippen LogP contribution in [0.1, 0.15) is 30.0 Å². The number of benzene rings is 2. The molecule has 1 saturated heterocycles. The molecule has 1 heterocycles. The van der Waals surface area contributed by atoms with E-state index in [-0.39, 0.29) is 5.91 Å². The molecule has 1 fully saturated rings. The lowest BCUT2D eigenvalue weighted by atomic mass is 10.1. The van der Waals surface area contributed by atoms with Gasteiger partial charge in [0.25, 0.3) is 5.91 Å². The van der Waals surface area contributed by atoms with Gasteiger partial charge in [0.1, 0.15) is 10.1 Å². The lowest BCUT2D eigenvalue weighted by molar-refractivity contribution is -0.121. The van der Waals surface area contributed by atoms with Crippen molar-refractivity contribution in [1.29, 1.82) is 0 Å². The molecule has 0 aromatic heterocycles. The number of hydrogen-bond acceptors (Lipinski definition) is 6. The van der Waals surface area contributed by atoms with E-state index in [0.29, 0.717) is 40.5 Å². The summed E-state index contributed by atoms with van der Waals surface area (Å²) in [5, 5.41) is 0. The van der Waals surface area contributed by atoms with Gasteiger partial charge in [-0.15, -0.1) is 0 Å². The monoisotopic (exact) mass is 457 g/mol. The number of hydrogen-bond donors (Lipinski definition) is 0. The van der Waals surface area contributed by atoms with Crippen molar-refractivity contribution in [2.45, 2.75) is 27.2 Å². The number of aryl methyl sites for hydroxylation is 2. The van der Waals surface area contributed by atoms with Crippen LogP contribution in [0.2, 0.25) is 0 Å². The molecule has 7 heteroatoms. The molecular formula is C24H27NO4S2. The fourth-order valence-electron chi connectivity index (χ4n) is 2.93. The van der Waals surface area contributed by atoms with Gasteiger partial charge >= 0.3 is 0 Å². The third-order valence-electron chi connectivity index (χ3n) is 4.85. The van der Waals surface area contributed by atoms with Crippen molar-refractivity contribution in [3.05, 3.63) is 58.0 Å². The SMILES string of the molecule is CCOc1cc(C=C2SC(=S)N(C)C2=O)ccc1OCCCOc1ccc(C)c(C)c1. The Morgan fingerprint density at radius 3 is 2.45 bits per heavy atom. The minimum absolute atomic E-state index is 0.0861. The average Bonchev–Trinajstić information content (AvgIpc) is 2.98. The summed E-state index contributed by atoms with van der Waals surface area (Å²) < 4.78 is 18.0. The zero-order valence-electron chi connectivity index (χ0n) is 18.3. The Labute approximate surface area is 193 Å². The summed E-state index contributed by atoms with van der Waals surface area (Å²) in [7, 11) is 1.69. The van der Waals surface area contributed by atoms with Crippen LogP contribution < -0.4 is 14.2 Å². The second-order valence-electron chi connectivity index (χ2n) is 7.18. The second kappa shape index (κ2) is 10.7. The maximum Gasteiger partial charge on any atom is 0.265 e. The number of ether oxygens (including phenoxy) is 3. The number of rotatable bonds is 9. The van der Waals surface area contributed by atoms with Crippen LogP contribution in [-0.4, -0.2) is 42.0 Å². The Balaban J connectivity index is 1.57. The maximum absolute atomic E-state index is 12.2. The first kappa shape index (κ1) is 23.2. The molecule has 0 aliphatic carbocycles. The highest BCUT2D eigenvalue weighted by molar-refractivity contribution is 8.26. The van der Waals surface area contributed by atoms with Crippen LogP contribution in [0.3, 0.4) is 0 Å². The zero-order valence-corrected chi connectivity index (χ0v) is 19.9. The Hall–Kier alpha value is -2.51. The summed E-state index contributed by atoms with van der Waals surface area (Å²) in [6.45, 7) is 7.70. The largest absolute Gasteiger partial charge is 0.493 e. The number of amides is 1. The van der Waals surface area contributed by atoms with Crippen LogP contribution in [0.4, 0.5) is 0 Å². The molecule has 0 unspecified atom stereocenters. The predicted molar refractivity (Wildman–Crippen MR) is 130 cm³/mol. The number of nitrogens with zero attached hydrogens (tertiary/aromatic N) is 1. The first-order valence-electron chi connectivity index (χ1n) is 10.2. The van der Waals surface area contributed by atoms with Crippen molar-refractivity contribution in [2.24, 2.45) is 0 Å². The molecule has 0 atom stereocenters. The van der Waals surface area contributed by atoms with E-state index < -0.39 is 0 Å². The second-order valence-corrected chi connectivity index (χ2v) is 8.85. The molecule has 0 spiro atoms. The third-order valence-corrected chi connectivity index (χ3v) is 6.33. The number of carbonyl (C=O) groups excluding carboxylic acids is 1. The van der Waals surface area contributed by atoms with Gasteiger partial charge < -0.3 is 14.2 Å². The first-order valence-corrected chi connectivity index (χ1v) is 11.4. The van der Waals surface area contributed by atoms with E-state index in [4.69, 9.17) is 26.4 Å². The highest BCUT2D eigenvalue weighted by Crippen LogP contribution is 2.34. The summed E-state index contributed by atoms with van der Waals surface area (Å²) in [6, 6.07) is 11.8. The van der Waals surface area contributed by atoms with E-state index in [9.17, 15) is 4.79 Å². The molecule has 1 aliphatic heterocycles. The van der Waals surface area contributed by atoms with Gasteiger partial charge in [0, 0.05) is 13.5 Å². The van der Waals surface area contributed by atoms with E-state index >= 15 is 0 Å². The van der Waals surface area contributed by atoms with Crippen LogP contribution in [-0.2, 0) is 4.79 Å². The predicted octanol–water partition coefficient (Wildman–Crippen LogP) is 5.38. The van der Waals surface area contributed by atoms with E-state index in [1.54, 1.807) is 7.05 Å². The summed E-state index contributed by atoms with van der Waals surface area (Å²) >= 11 is 6.49. The lowest BCUT2D eigenvalue weighted by Crippen LogP contribution is -2.22. The van der Waals surface area contributed by atoms with Crippen molar-refractivity contribution in [1.82, 2.24) is 4.90 Å². The first-order chi connectivity index (χ1) is 14.9. The molecule has 3 rings (SSSR count). The standard InChI is InChI=1S/C24H27NO4S2/c1-5-27-21-14-18(15-22-23(26)25(4)24(30)31-22)8-10-20(21)29-12-6-11-28-19-9-7-16(2)17(3)13-19/h7-10,13-15H,5-6,11-12H2,1-4H3. The number of thioether (sulfide) groups is 1. The van der Waals surface area contributed by atoms with Crippen LogP contribution in [0.15, 0.2) is 41.3 Å². The minimum atomic E-state index is -0.0861. The number of thiocarbonyl (C=S) groups is 1. The number of likely N-dealkylation sites (N-methyl/N-ethyl adjacent to an activating group) is 1. The van der Waals surface area contributed by atoms with E-state index in [1.165, 1.54) is 27.8 Å². The summed E-state index contributed by atoms with van der Waals surface area (Å²) in [5.74, 6) is 2.11. The van der Waals surface area contributed by atoms with Crippen molar-refractivity contribution in [2.75, 3.05) is 26.9 Å². The molecule has 2 aromatic rings. The fourth-order valence-corrected chi connectivity index (χ4v) is 4.11. The van der Waals surface area contributed by atoms with Gasteiger partial charge in [-0.2, -0.15) is 0 Å². The van der Waals surface area contributed by atoms with Crippen molar-refractivity contribution >= 4 is 40.3 Å². The quantitative estimate of drug-likeness (QED) is 0.286. The van der Waals surface area contributed by atoms with Gasteiger partial charge in [-0.05, 0) is 67.8 Å². The Morgan fingerprint density at radius 2 is 1.77 bits per heavy atom. The average molecular weight is 458 g/mol. The molecule has 2 aromatic carbocycles.